The molecule has 0 bridgehead atoms. The highest BCUT2D eigenvalue weighted by Gasteiger charge is 2.23. The lowest BCUT2D eigenvalue weighted by Crippen LogP contribution is -2.25. The van der Waals surface area contributed by atoms with Crippen LogP contribution in [0, 0.1) is 0 Å². The minimum absolute atomic E-state index is 0.0874. The first-order valence-electron chi connectivity index (χ1n) is 5.79. The van der Waals surface area contributed by atoms with Gasteiger partial charge in [-0.2, -0.15) is 0 Å². The Labute approximate surface area is 117 Å². The highest BCUT2D eigenvalue weighted by molar-refractivity contribution is 7.52. The van der Waals surface area contributed by atoms with E-state index in [2.05, 4.69) is 5.32 Å². The van der Waals surface area contributed by atoms with E-state index in [0.29, 0.717) is 12.1 Å². The van der Waals surface area contributed by atoms with Gasteiger partial charge in [0.05, 0.1) is 11.5 Å². The molecule has 7 heteroatoms. The smallest absolute Gasteiger partial charge is 0.324 e. The number of ketones is 1. The van der Waals surface area contributed by atoms with Crippen LogP contribution < -0.4 is 5.32 Å². The minimum atomic E-state index is -4.07. The molecule has 1 aromatic rings. The fourth-order valence-corrected chi connectivity index (χ4v) is 2.06. The van der Waals surface area contributed by atoms with Gasteiger partial charge in [0.15, 0.2) is 5.78 Å². The molecule has 1 aromatic carbocycles. The summed E-state index contributed by atoms with van der Waals surface area (Å²) in [4.78, 5) is 29.5. The van der Waals surface area contributed by atoms with Crippen LogP contribution in [0.15, 0.2) is 24.3 Å². The lowest BCUT2D eigenvalue weighted by atomic mass is 10.0. The van der Waals surface area contributed by atoms with Crippen LogP contribution in [0.1, 0.15) is 22.8 Å². The Morgan fingerprint density at radius 3 is 2.63 bits per heavy atom. The molecule has 0 saturated heterocycles. The fraction of sp³-hybridized carbons (Fsp3) is 0.417. The molecule has 19 heavy (non-hydrogen) atoms. The Morgan fingerprint density at radius 2 is 2.05 bits per heavy atom. The number of rotatable bonds is 7. The van der Waals surface area contributed by atoms with E-state index in [1.54, 1.807) is 24.3 Å². The van der Waals surface area contributed by atoms with E-state index in [9.17, 15) is 9.36 Å². The van der Waals surface area contributed by atoms with Crippen molar-refractivity contribution < 1.29 is 19.1 Å². The molecule has 0 aliphatic rings. The van der Waals surface area contributed by atoms with Crippen LogP contribution in [0.25, 0.3) is 0 Å². The zero-order valence-corrected chi connectivity index (χ0v) is 12.2. The largest absolute Gasteiger partial charge is 0.329 e. The first-order chi connectivity index (χ1) is 8.86. The number of hydrogen-bond donors (Lipinski definition) is 3. The van der Waals surface area contributed by atoms with Crippen LogP contribution in [0.5, 0.6) is 0 Å². The van der Waals surface area contributed by atoms with Crippen molar-refractivity contribution in [3.8, 4) is 0 Å². The number of alkyl halides is 1. The van der Waals surface area contributed by atoms with Gasteiger partial charge in [-0.1, -0.05) is 24.3 Å². The summed E-state index contributed by atoms with van der Waals surface area (Å²) in [5.74, 6) is -0.252. The molecule has 0 aliphatic carbocycles. The molecule has 0 amide bonds. The van der Waals surface area contributed by atoms with Gasteiger partial charge in [0.2, 0.25) is 0 Å². The molecule has 5 nitrogen and oxygen atoms in total. The van der Waals surface area contributed by atoms with E-state index in [1.807, 2.05) is 0 Å². The molecule has 3 N–H and O–H groups in total. The van der Waals surface area contributed by atoms with E-state index in [0.717, 1.165) is 5.56 Å². The molecule has 0 aromatic heterocycles. The van der Waals surface area contributed by atoms with Crippen molar-refractivity contribution in [1.82, 2.24) is 5.32 Å². The van der Waals surface area contributed by atoms with Crippen molar-refractivity contribution in [2.75, 3.05) is 12.4 Å². The third-order valence-electron chi connectivity index (χ3n) is 2.77. The maximum absolute atomic E-state index is 11.6. The lowest BCUT2D eigenvalue weighted by molar-refractivity contribution is 0.102. The van der Waals surface area contributed by atoms with Crippen LogP contribution in [-0.2, 0) is 11.1 Å². The molecule has 0 saturated carbocycles. The number of nitrogens with one attached hydrogen (secondary N) is 1. The molecule has 0 fully saturated rings. The van der Waals surface area contributed by atoms with Crippen molar-refractivity contribution in [3.63, 3.8) is 0 Å². The predicted molar refractivity (Wildman–Crippen MR) is 74.7 cm³/mol. The first kappa shape index (κ1) is 16.3. The average Bonchev–Trinajstić information content (AvgIpc) is 2.37. The van der Waals surface area contributed by atoms with Gasteiger partial charge < -0.3 is 15.1 Å². The molecule has 1 atom stereocenters. The van der Waals surface area contributed by atoms with Crippen molar-refractivity contribution in [2.45, 2.75) is 19.1 Å². The van der Waals surface area contributed by atoms with E-state index in [1.165, 1.54) is 6.92 Å². The van der Waals surface area contributed by atoms with Crippen molar-refractivity contribution >= 4 is 25.0 Å². The second-order valence-electron chi connectivity index (χ2n) is 4.28. The third kappa shape index (κ3) is 5.05. The quantitative estimate of drug-likeness (QED) is 0.406. The van der Waals surface area contributed by atoms with Gasteiger partial charge >= 0.3 is 7.60 Å². The molecule has 0 heterocycles. The maximum atomic E-state index is 11.6. The molecular formula is C12H17ClNO4P. The molecule has 1 rings (SSSR count). The summed E-state index contributed by atoms with van der Waals surface area (Å²) in [5, 5.41) is 2.94. The zero-order valence-electron chi connectivity index (χ0n) is 10.5. The van der Waals surface area contributed by atoms with Crippen molar-refractivity contribution in [2.24, 2.45) is 0 Å². The second kappa shape index (κ2) is 7.17. The predicted octanol–water partition coefficient (Wildman–Crippen LogP) is 1.76. The molecule has 106 valence electrons. The first-order valence-corrected chi connectivity index (χ1v) is 8.01. The maximum Gasteiger partial charge on any atom is 0.329 e. The molecule has 0 spiro atoms. The lowest BCUT2D eigenvalue weighted by Gasteiger charge is -2.15. The summed E-state index contributed by atoms with van der Waals surface area (Å²) in [6.45, 7) is 2.01. The topological polar surface area (TPSA) is 86.6 Å². The third-order valence-corrected chi connectivity index (χ3v) is 4.34. The molecule has 0 radical (unpaired) electrons. The van der Waals surface area contributed by atoms with E-state index in [4.69, 9.17) is 21.4 Å². The van der Waals surface area contributed by atoms with Gasteiger partial charge in [-0.25, -0.2) is 0 Å². The van der Waals surface area contributed by atoms with Gasteiger partial charge in [-0.05, 0) is 12.5 Å². The Kier molecular flexibility index (Phi) is 6.17. The summed E-state index contributed by atoms with van der Waals surface area (Å²) in [6, 6.07) is 7.03. The zero-order chi connectivity index (χ0) is 14.5. The molecular weight excluding hydrogens is 289 g/mol. The normalized spacial score (nSPS) is 13.3. The number of Topliss-reactive ketones (excluding diaryl/α,β-unsaturated/α-hetero) is 1. The Morgan fingerprint density at radius 1 is 1.42 bits per heavy atom. The van der Waals surface area contributed by atoms with Gasteiger partial charge in [-0.3, -0.25) is 9.36 Å². The van der Waals surface area contributed by atoms with E-state index < -0.39 is 13.3 Å². The Hall–Kier alpha value is -0.710. The van der Waals surface area contributed by atoms with E-state index in [-0.39, 0.29) is 18.2 Å². The Bertz CT molecular complexity index is 488. The van der Waals surface area contributed by atoms with Gasteiger partial charge in [0.25, 0.3) is 0 Å². The van der Waals surface area contributed by atoms with Crippen LogP contribution in [0.4, 0.5) is 0 Å². The van der Waals surface area contributed by atoms with Crippen LogP contribution in [-0.4, -0.2) is 33.7 Å². The molecule has 0 aliphatic heterocycles. The summed E-state index contributed by atoms with van der Waals surface area (Å²) < 4.78 is 11.0. The number of carbonyl (C=O) groups is 1. The fourth-order valence-electron chi connectivity index (χ4n) is 1.55. The number of halogens is 1. The highest BCUT2D eigenvalue weighted by atomic mass is 35.5. The summed E-state index contributed by atoms with van der Waals surface area (Å²) in [6.07, 6.45) is 0. The standard InChI is InChI=1S/C12H17ClNO4P/c1-9(19(16,17)18)7-14-8-10-4-2-3-5-11(10)12(15)6-13/h2-5,9,14H,6-8H2,1H3,(H2,16,17,18). The minimum Gasteiger partial charge on any atom is -0.324 e. The summed E-state index contributed by atoms with van der Waals surface area (Å²) in [5.41, 5.74) is 0.545. The number of benzene rings is 1. The van der Waals surface area contributed by atoms with Crippen molar-refractivity contribution in [3.05, 3.63) is 35.4 Å². The monoisotopic (exact) mass is 305 g/mol. The van der Waals surface area contributed by atoms with Gasteiger partial charge in [0, 0.05) is 18.7 Å². The average molecular weight is 306 g/mol. The summed E-state index contributed by atoms with van der Waals surface area (Å²) >= 11 is 5.53. The van der Waals surface area contributed by atoms with Crippen LogP contribution >= 0.6 is 19.2 Å². The number of hydrogen-bond acceptors (Lipinski definition) is 3. The van der Waals surface area contributed by atoms with E-state index >= 15 is 0 Å². The Balaban J connectivity index is 2.64. The second-order valence-corrected chi connectivity index (χ2v) is 6.61. The summed E-state index contributed by atoms with van der Waals surface area (Å²) in [7, 11) is -4.07. The van der Waals surface area contributed by atoms with Gasteiger partial charge in [0.1, 0.15) is 0 Å². The highest BCUT2D eigenvalue weighted by Crippen LogP contribution is 2.40. The van der Waals surface area contributed by atoms with Crippen molar-refractivity contribution in [1.29, 1.82) is 0 Å². The SMILES string of the molecule is CC(CNCc1ccccc1C(=O)CCl)P(=O)(O)O. The molecule has 1 unspecified atom stereocenters. The van der Waals surface area contributed by atoms with Crippen LogP contribution in [0.2, 0.25) is 0 Å². The van der Waals surface area contributed by atoms with Crippen LogP contribution in [0.3, 0.4) is 0 Å². The van der Waals surface area contributed by atoms with Gasteiger partial charge in [-0.15, -0.1) is 11.6 Å². The number of carbonyl (C=O) groups excluding carboxylic acids is 1.